The fourth-order valence-corrected chi connectivity index (χ4v) is 9.53. The van der Waals surface area contributed by atoms with Crippen LogP contribution in [0.15, 0.2) is 72.9 Å². The zero-order valence-electron chi connectivity index (χ0n) is 50.5. The van der Waals surface area contributed by atoms with Crippen LogP contribution in [-0.4, -0.2) is 37.2 Å². The van der Waals surface area contributed by atoms with Crippen molar-refractivity contribution >= 4 is 17.9 Å². The number of esters is 3. The Bertz CT molecular complexity index is 1400. The van der Waals surface area contributed by atoms with Crippen LogP contribution >= 0.6 is 0 Å². The minimum Gasteiger partial charge on any atom is -0.462 e. The summed E-state index contributed by atoms with van der Waals surface area (Å²) >= 11 is 0. The van der Waals surface area contributed by atoms with Gasteiger partial charge >= 0.3 is 17.9 Å². The van der Waals surface area contributed by atoms with Crippen molar-refractivity contribution in [3.8, 4) is 0 Å². The summed E-state index contributed by atoms with van der Waals surface area (Å²) < 4.78 is 16.9. The minimum absolute atomic E-state index is 0.0802. The van der Waals surface area contributed by atoms with Gasteiger partial charge in [-0.05, 0) is 89.9 Å². The van der Waals surface area contributed by atoms with Crippen LogP contribution in [0.2, 0.25) is 0 Å². The first-order valence-electron chi connectivity index (χ1n) is 32.9. The molecule has 1 atom stereocenters. The van der Waals surface area contributed by atoms with Crippen molar-refractivity contribution < 1.29 is 28.6 Å². The van der Waals surface area contributed by atoms with Crippen molar-refractivity contribution in [1.82, 2.24) is 0 Å². The van der Waals surface area contributed by atoms with Crippen LogP contribution in [-0.2, 0) is 28.6 Å². The topological polar surface area (TPSA) is 78.9 Å². The molecule has 0 aliphatic heterocycles. The van der Waals surface area contributed by atoms with Crippen molar-refractivity contribution in [2.75, 3.05) is 13.2 Å². The van der Waals surface area contributed by atoms with E-state index in [0.717, 1.165) is 103 Å². The smallest absolute Gasteiger partial charge is 0.306 e. The fraction of sp³-hybridized carbons (Fsp3) is 0.786. The Hall–Kier alpha value is -3.15. The molecule has 0 fully saturated rings. The Morgan fingerprint density at radius 3 is 0.816 bits per heavy atom. The molecule has 6 heteroatoms. The van der Waals surface area contributed by atoms with Crippen LogP contribution in [0.5, 0.6) is 0 Å². The van der Waals surface area contributed by atoms with E-state index in [2.05, 4.69) is 93.7 Å². The molecule has 0 saturated heterocycles. The summed E-state index contributed by atoms with van der Waals surface area (Å²) in [4.78, 5) is 38.4. The second-order valence-electron chi connectivity index (χ2n) is 22.0. The maximum absolute atomic E-state index is 12.9. The predicted octanol–water partition coefficient (Wildman–Crippen LogP) is 22.5. The summed E-state index contributed by atoms with van der Waals surface area (Å²) in [6.45, 7) is 6.55. The van der Waals surface area contributed by atoms with E-state index >= 15 is 0 Å². The quantitative estimate of drug-likeness (QED) is 0.0261. The highest BCUT2D eigenvalue weighted by Gasteiger charge is 2.19. The molecule has 0 radical (unpaired) electrons. The van der Waals surface area contributed by atoms with Gasteiger partial charge in [0.2, 0.25) is 0 Å². The number of allylic oxidation sites excluding steroid dienone is 12. The summed E-state index contributed by atoms with van der Waals surface area (Å²) in [6, 6.07) is 0. The second-order valence-corrected chi connectivity index (χ2v) is 22.0. The molecule has 0 aromatic rings. The number of unbranched alkanes of at least 4 members (excludes halogenated alkanes) is 37. The van der Waals surface area contributed by atoms with E-state index < -0.39 is 6.10 Å². The normalized spacial score (nSPS) is 12.5. The van der Waals surface area contributed by atoms with Gasteiger partial charge in [0.25, 0.3) is 0 Å². The number of ether oxygens (including phenoxy) is 3. The lowest BCUT2D eigenvalue weighted by molar-refractivity contribution is -0.167. The number of carbonyl (C=O) groups is 3. The summed E-state index contributed by atoms with van der Waals surface area (Å²) in [6.07, 6.45) is 83.4. The summed E-state index contributed by atoms with van der Waals surface area (Å²) in [5.74, 6) is -0.881. The Kier molecular flexibility index (Phi) is 61.7. The van der Waals surface area contributed by atoms with E-state index in [-0.39, 0.29) is 31.1 Å². The highest BCUT2D eigenvalue weighted by molar-refractivity contribution is 5.71. The van der Waals surface area contributed by atoms with Crippen molar-refractivity contribution in [2.45, 2.75) is 341 Å². The van der Waals surface area contributed by atoms with E-state index in [1.54, 1.807) is 0 Å². The van der Waals surface area contributed by atoms with Crippen LogP contribution in [0.1, 0.15) is 335 Å². The van der Waals surface area contributed by atoms with Gasteiger partial charge in [-0.25, -0.2) is 0 Å². The van der Waals surface area contributed by atoms with Crippen LogP contribution in [0.4, 0.5) is 0 Å². The average Bonchev–Trinajstić information content (AvgIpc) is 3.42. The predicted molar refractivity (Wildman–Crippen MR) is 330 cm³/mol. The number of rotatable bonds is 60. The number of hydrogen-bond acceptors (Lipinski definition) is 6. The first-order valence-corrected chi connectivity index (χ1v) is 32.9. The minimum atomic E-state index is -0.783. The van der Waals surface area contributed by atoms with Gasteiger partial charge < -0.3 is 14.2 Å². The van der Waals surface area contributed by atoms with Gasteiger partial charge in [0.15, 0.2) is 6.10 Å². The lowest BCUT2D eigenvalue weighted by Gasteiger charge is -2.18. The third-order valence-electron chi connectivity index (χ3n) is 14.4. The molecule has 0 aromatic carbocycles. The molecule has 0 bridgehead atoms. The van der Waals surface area contributed by atoms with E-state index in [9.17, 15) is 14.4 Å². The first-order chi connectivity index (χ1) is 37.5. The number of carbonyl (C=O) groups excluding carboxylic acids is 3. The highest BCUT2D eigenvalue weighted by Crippen LogP contribution is 2.17. The van der Waals surface area contributed by atoms with Crippen molar-refractivity contribution in [2.24, 2.45) is 0 Å². The zero-order valence-corrected chi connectivity index (χ0v) is 50.5. The van der Waals surface area contributed by atoms with Gasteiger partial charge in [-0.2, -0.15) is 0 Å². The molecule has 0 amide bonds. The molecule has 0 saturated carbocycles. The molecule has 0 aliphatic rings. The lowest BCUT2D eigenvalue weighted by atomic mass is 10.0. The van der Waals surface area contributed by atoms with Crippen LogP contribution < -0.4 is 0 Å². The molecule has 0 spiro atoms. The molecule has 1 unspecified atom stereocenters. The molecular weight excluding hydrogens is 937 g/mol. The van der Waals surface area contributed by atoms with Gasteiger partial charge in [-0.3, -0.25) is 14.4 Å². The summed E-state index contributed by atoms with van der Waals surface area (Å²) in [5.41, 5.74) is 0. The molecule has 0 aliphatic carbocycles. The average molecular weight is 1060 g/mol. The standard InChI is InChI=1S/C70H124O6/c1-4-7-10-13-16-19-22-25-28-30-32-34-35-37-38-40-42-45-48-51-54-57-60-63-69(72)75-66-67(65-74-68(71)62-59-56-53-50-47-44-27-24-21-18-15-12-9-6-3)76-70(73)64-61-58-55-52-49-46-43-41-39-36-33-31-29-26-23-20-17-14-11-8-5-2/h7,10,16,19,24-25,27-28,32,34,37-38,67H,4-6,8-9,11-15,17-18,20-23,26,29-31,33,35-36,39-66H2,1-3H3/b10-7-,19-16-,27-24-,28-25-,34-32-,38-37-. The van der Waals surface area contributed by atoms with Crippen LogP contribution in [0.3, 0.4) is 0 Å². The third kappa shape index (κ3) is 61.7. The Labute approximate surface area is 472 Å². The third-order valence-corrected chi connectivity index (χ3v) is 14.4. The molecule has 0 rings (SSSR count). The summed E-state index contributed by atoms with van der Waals surface area (Å²) in [5, 5.41) is 0. The Balaban J connectivity index is 4.34. The molecule has 440 valence electrons. The molecule has 76 heavy (non-hydrogen) atoms. The van der Waals surface area contributed by atoms with Gasteiger partial charge in [-0.15, -0.1) is 0 Å². The number of hydrogen-bond donors (Lipinski definition) is 0. The van der Waals surface area contributed by atoms with E-state index in [4.69, 9.17) is 14.2 Å². The van der Waals surface area contributed by atoms with E-state index in [0.29, 0.717) is 19.3 Å². The highest BCUT2D eigenvalue weighted by atomic mass is 16.6. The lowest BCUT2D eigenvalue weighted by Crippen LogP contribution is -2.30. The molecule has 0 heterocycles. The van der Waals surface area contributed by atoms with E-state index in [1.165, 1.54) is 193 Å². The van der Waals surface area contributed by atoms with Gasteiger partial charge in [0.05, 0.1) is 0 Å². The van der Waals surface area contributed by atoms with Crippen molar-refractivity contribution in [3.05, 3.63) is 72.9 Å². The van der Waals surface area contributed by atoms with Crippen molar-refractivity contribution in [1.29, 1.82) is 0 Å². The molecule has 0 aromatic heterocycles. The van der Waals surface area contributed by atoms with Crippen LogP contribution in [0.25, 0.3) is 0 Å². The zero-order chi connectivity index (χ0) is 55.0. The van der Waals surface area contributed by atoms with Gasteiger partial charge in [0, 0.05) is 19.3 Å². The Morgan fingerprint density at radius 2 is 0.513 bits per heavy atom. The fourth-order valence-electron chi connectivity index (χ4n) is 9.53. The SMILES string of the molecule is CC/C=C\C/C=C\C/C=C\C/C=C\C/C=C\CCCCCCCCCC(=O)OCC(COC(=O)CCCCCCC/C=C\CCCCCCC)OC(=O)CCCCCCCCCCCCCCCCCCCCCCC. The molecular formula is C70H124O6. The van der Waals surface area contributed by atoms with Gasteiger partial charge in [0.1, 0.15) is 13.2 Å². The van der Waals surface area contributed by atoms with Gasteiger partial charge in [-0.1, -0.05) is 299 Å². The van der Waals surface area contributed by atoms with Crippen molar-refractivity contribution in [3.63, 3.8) is 0 Å². The summed E-state index contributed by atoms with van der Waals surface area (Å²) in [7, 11) is 0. The Morgan fingerprint density at radius 1 is 0.276 bits per heavy atom. The first kappa shape index (κ1) is 72.8. The van der Waals surface area contributed by atoms with E-state index in [1.807, 2.05) is 0 Å². The largest absolute Gasteiger partial charge is 0.462 e. The van der Waals surface area contributed by atoms with Crippen LogP contribution in [0, 0.1) is 0 Å². The monoisotopic (exact) mass is 1060 g/mol. The maximum Gasteiger partial charge on any atom is 0.306 e. The maximum atomic E-state index is 12.9. The molecule has 6 nitrogen and oxygen atoms in total. The molecule has 0 N–H and O–H groups in total. The second kappa shape index (κ2) is 64.4.